The molecular weight excluding hydrogens is 285 g/mol. The molecule has 2 heterocycles. The summed E-state index contributed by atoms with van der Waals surface area (Å²) in [6.07, 6.45) is 3.25. The van der Waals surface area contributed by atoms with Crippen molar-refractivity contribution >= 4 is 0 Å². The third-order valence-electron chi connectivity index (χ3n) is 3.41. The standard InChI is InChI=1S/C16H16FN3O2/c1-2-14(21)9-20-16(12-7-8-22-10-12)18-15(19-20)11-3-5-13(17)6-4-11/h3-8,10,14,21H,2,9H2,1H3/t14-/m1/s1. The lowest BCUT2D eigenvalue weighted by molar-refractivity contribution is 0.146. The van der Waals surface area contributed by atoms with Crippen LogP contribution in [0.3, 0.4) is 0 Å². The van der Waals surface area contributed by atoms with Crippen LogP contribution in [-0.4, -0.2) is 26.0 Å². The molecule has 6 heteroatoms. The summed E-state index contributed by atoms with van der Waals surface area (Å²) in [5.74, 6) is 0.791. The van der Waals surface area contributed by atoms with Crippen molar-refractivity contribution in [3.63, 3.8) is 0 Å². The molecule has 3 rings (SSSR count). The maximum Gasteiger partial charge on any atom is 0.181 e. The lowest BCUT2D eigenvalue weighted by Gasteiger charge is -2.08. The number of hydrogen-bond acceptors (Lipinski definition) is 4. The highest BCUT2D eigenvalue weighted by Gasteiger charge is 2.16. The van der Waals surface area contributed by atoms with Crippen LogP contribution in [0.1, 0.15) is 13.3 Å². The molecule has 0 unspecified atom stereocenters. The lowest BCUT2D eigenvalue weighted by Crippen LogP contribution is -2.16. The Morgan fingerprint density at radius 1 is 1.23 bits per heavy atom. The molecule has 0 saturated heterocycles. The van der Waals surface area contributed by atoms with Crippen LogP contribution in [0.5, 0.6) is 0 Å². The highest BCUT2D eigenvalue weighted by atomic mass is 19.1. The van der Waals surface area contributed by atoms with Gasteiger partial charge in [0.1, 0.15) is 12.1 Å². The van der Waals surface area contributed by atoms with Gasteiger partial charge in [-0.2, -0.15) is 5.10 Å². The van der Waals surface area contributed by atoms with Gasteiger partial charge in [-0.25, -0.2) is 14.1 Å². The lowest BCUT2D eigenvalue weighted by atomic mass is 10.2. The van der Waals surface area contributed by atoms with Crippen LogP contribution in [0.15, 0.2) is 47.3 Å². The summed E-state index contributed by atoms with van der Waals surface area (Å²) in [6, 6.07) is 7.78. The molecule has 0 aliphatic heterocycles. The average molecular weight is 301 g/mol. The Bertz CT molecular complexity index is 735. The first-order valence-electron chi connectivity index (χ1n) is 7.08. The predicted octanol–water partition coefficient (Wildman–Crippen LogP) is 3.12. The molecule has 0 saturated carbocycles. The van der Waals surface area contributed by atoms with Gasteiger partial charge in [0.05, 0.1) is 24.5 Å². The molecule has 2 aromatic heterocycles. The van der Waals surface area contributed by atoms with E-state index in [1.165, 1.54) is 12.1 Å². The van der Waals surface area contributed by atoms with Gasteiger partial charge in [-0.1, -0.05) is 6.92 Å². The van der Waals surface area contributed by atoms with E-state index in [-0.39, 0.29) is 5.82 Å². The molecule has 0 spiro atoms. The number of furan rings is 1. The summed E-state index contributed by atoms with van der Waals surface area (Å²) in [6.45, 7) is 2.24. The molecule has 1 atom stereocenters. The second kappa shape index (κ2) is 6.11. The minimum absolute atomic E-state index is 0.306. The van der Waals surface area contributed by atoms with Gasteiger partial charge >= 0.3 is 0 Å². The molecule has 5 nitrogen and oxygen atoms in total. The number of rotatable bonds is 5. The number of halogens is 1. The summed E-state index contributed by atoms with van der Waals surface area (Å²) >= 11 is 0. The molecule has 1 aromatic carbocycles. The molecule has 0 aliphatic carbocycles. The zero-order valence-corrected chi connectivity index (χ0v) is 12.1. The van der Waals surface area contributed by atoms with E-state index in [4.69, 9.17) is 4.42 Å². The minimum atomic E-state index is -0.506. The van der Waals surface area contributed by atoms with Crippen molar-refractivity contribution in [3.8, 4) is 22.8 Å². The quantitative estimate of drug-likeness (QED) is 0.786. The van der Waals surface area contributed by atoms with Crippen molar-refractivity contribution in [2.45, 2.75) is 26.0 Å². The largest absolute Gasteiger partial charge is 0.472 e. The predicted molar refractivity (Wildman–Crippen MR) is 79.4 cm³/mol. The summed E-state index contributed by atoms with van der Waals surface area (Å²) in [7, 11) is 0. The Hall–Kier alpha value is -2.47. The van der Waals surface area contributed by atoms with Gasteiger partial charge in [0.2, 0.25) is 0 Å². The van der Waals surface area contributed by atoms with Gasteiger partial charge in [0.25, 0.3) is 0 Å². The average Bonchev–Trinajstić information content (AvgIpc) is 3.17. The van der Waals surface area contributed by atoms with Crippen molar-refractivity contribution < 1.29 is 13.9 Å². The van der Waals surface area contributed by atoms with Gasteiger partial charge in [0.15, 0.2) is 11.6 Å². The smallest absolute Gasteiger partial charge is 0.181 e. The first kappa shape index (κ1) is 14.5. The molecule has 0 radical (unpaired) electrons. The van der Waals surface area contributed by atoms with Crippen molar-refractivity contribution in [2.24, 2.45) is 0 Å². The van der Waals surface area contributed by atoms with E-state index >= 15 is 0 Å². The van der Waals surface area contributed by atoms with Crippen LogP contribution in [0, 0.1) is 5.82 Å². The van der Waals surface area contributed by atoms with Crippen LogP contribution in [-0.2, 0) is 6.54 Å². The Labute approximate surface area is 127 Å². The fourth-order valence-corrected chi connectivity index (χ4v) is 2.12. The number of aromatic nitrogens is 3. The van der Waals surface area contributed by atoms with E-state index in [1.54, 1.807) is 35.4 Å². The van der Waals surface area contributed by atoms with Gasteiger partial charge in [-0.05, 0) is 36.8 Å². The number of nitrogens with zero attached hydrogens (tertiary/aromatic N) is 3. The molecule has 0 bridgehead atoms. The van der Waals surface area contributed by atoms with Crippen molar-refractivity contribution in [1.82, 2.24) is 14.8 Å². The number of aliphatic hydroxyl groups is 1. The molecule has 22 heavy (non-hydrogen) atoms. The normalized spacial score (nSPS) is 12.5. The molecule has 0 fully saturated rings. The summed E-state index contributed by atoms with van der Waals surface area (Å²) in [5.41, 5.74) is 1.50. The van der Waals surface area contributed by atoms with Crippen molar-refractivity contribution in [3.05, 3.63) is 48.7 Å². The van der Waals surface area contributed by atoms with E-state index in [0.29, 0.717) is 24.6 Å². The van der Waals surface area contributed by atoms with E-state index in [9.17, 15) is 9.50 Å². The molecule has 114 valence electrons. The van der Waals surface area contributed by atoms with Crippen LogP contribution in [0.25, 0.3) is 22.8 Å². The topological polar surface area (TPSA) is 64.1 Å². The third kappa shape index (κ3) is 2.92. The number of aliphatic hydroxyl groups excluding tert-OH is 1. The molecular formula is C16H16FN3O2. The zero-order chi connectivity index (χ0) is 15.5. The van der Waals surface area contributed by atoms with Gasteiger partial charge < -0.3 is 9.52 Å². The van der Waals surface area contributed by atoms with Crippen LogP contribution in [0.4, 0.5) is 4.39 Å². The van der Waals surface area contributed by atoms with E-state index in [0.717, 1.165) is 11.1 Å². The first-order valence-corrected chi connectivity index (χ1v) is 7.08. The Balaban J connectivity index is 2.02. The maximum atomic E-state index is 13.0. The van der Waals surface area contributed by atoms with Crippen LogP contribution < -0.4 is 0 Å². The van der Waals surface area contributed by atoms with Gasteiger partial charge in [-0.15, -0.1) is 0 Å². The zero-order valence-electron chi connectivity index (χ0n) is 12.1. The Morgan fingerprint density at radius 2 is 2.00 bits per heavy atom. The van der Waals surface area contributed by atoms with E-state index in [1.807, 2.05) is 6.92 Å². The molecule has 1 N–H and O–H groups in total. The van der Waals surface area contributed by atoms with E-state index in [2.05, 4.69) is 10.1 Å². The summed E-state index contributed by atoms with van der Waals surface area (Å²) < 4.78 is 19.8. The number of hydrogen-bond donors (Lipinski definition) is 1. The first-order chi connectivity index (χ1) is 10.7. The van der Waals surface area contributed by atoms with Gasteiger partial charge in [0, 0.05) is 5.56 Å². The summed E-state index contributed by atoms with van der Waals surface area (Å²) in [4.78, 5) is 4.50. The highest BCUT2D eigenvalue weighted by molar-refractivity contribution is 5.60. The second-order valence-corrected chi connectivity index (χ2v) is 5.02. The number of benzene rings is 1. The molecule has 0 aliphatic rings. The Kier molecular flexibility index (Phi) is 4.02. The molecule has 0 amide bonds. The minimum Gasteiger partial charge on any atom is -0.472 e. The van der Waals surface area contributed by atoms with Crippen LogP contribution >= 0.6 is 0 Å². The fourth-order valence-electron chi connectivity index (χ4n) is 2.12. The Morgan fingerprint density at radius 3 is 2.64 bits per heavy atom. The maximum absolute atomic E-state index is 13.0. The second-order valence-electron chi connectivity index (χ2n) is 5.02. The van der Waals surface area contributed by atoms with Gasteiger partial charge in [-0.3, -0.25) is 0 Å². The summed E-state index contributed by atoms with van der Waals surface area (Å²) in [5, 5.41) is 14.3. The van der Waals surface area contributed by atoms with E-state index < -0.39 is 6.10 Å². The fraction of sp³-hybridized carbons (Fsp3) is 0.250. The highest BCUT2D eigenvalue weighted by Crippen LogP contribution is 2.23. The SMILES string of the molecule is CC[C@@H](O)Cn1nc(-c2ccc(F)cc2)nc1-c1ccoc1. The third-order valence-corrected chi connectivity index (χ3v) is 3.41. The van der Waals surface area contributed by atoms with Crippen molar-refractivity contribution in [1.29, 1.82) is 0 Å². The van der Waals surface area contributed by atoms with Crippen LogP contribution in [0.2, 0.25) is 0 Å². The van der Waals surface area contributed by atoms with Crippen molar-refractivity contribution in [2.75, 3.05) is 0 Å². The monoisotopic (exact) mass is 301 g/mol. The molecule has 3 aromatic rings.